The molecule has 0 aromatic carbocycles. The minimum absolute atomic E-state index is 0.0188. The predicted octanol–water partition coefficient (Wildman–Crippen LogP) is 2.47. The van der Waals surface area contributed by atoms with Crippen LogP contribution in [-0.2, 0) is 6.42 Å². The number of nitrogens with one attached hydrogen (secondary N) is 1. The summed E-state index contributed by atoms with van der Waals surface area (Å²) in [5.74, 6) is 1.61. The fourth-order valence-corrected chi connectivity index (χ4v) is 2.70. The molecule has 3 rings (SSSR count). The van der Waals surface area contributed by atoms with Gasteiger partial charge in [0.2, 0.25) is 0 Å². The third-order valence-corrected chi connectivity index (χ3v) is 3.83. The molecular weight excluding hydrogens is 294 g/mol. The summed E-state index contributed by atoms with van der Waals surface area (Å²) in [7, 11) is 0. The molecule has 0 spiro atoms. The van der Waals surface area contributed by atoms with E-state index < -0.39 is 0 Å². The highest BCUT2D eigenvalue weighted by atomic mass is 16.5. The SMILES string of the molecule is C[C@H](Cc1ccco1)NC(=O)N1CC[C@@H](Oc2cccnc2)C1. The Hall–Kier alpha value is -2.50. The Labute approximate surface area is 135 Å². The van der Waals surface area contributed by atoms with Gasteiger partial charge in [-0.05, 0) is 31.2 Å². The van der Waals surface area contributed by atoms with Gasteiger partial charge < -0.3 is 19.4 Å². The molecule has 2 amide bonds. The van der Waals surface area contributed by atoms with Crippen molar-refractivity contribution in [1.82, 2.24) is 15.2 Å². The molecule has 1 N–H and O–H groups in total. The van der Waals surface area contributed by atoms with Gasteiger partial charge in [0.15, 0.2) is 0 Å². The Kier molecular flexibility index (Phi) is 4.80. The predicted molar refractivity (Wildman–Crippen MR) is 85.2 cm³/mol. The van der Waals surface area contributed by atoms with Crippen LogP contribution in [0.15, 0.2) is 47.3 Å². The molecule has 23 heavy (non-hydrogen) atoms. The molecule has 2 aromatic heterocycles. The molecule has 122 valence electrons. The highest BCUT2D eigenvalue weighted by Crippen LogP contribution is 2.17. The fourth-order valence-electron chi connectivity index (χ4n) is 2.70. The quantitative estimate of drug-likeness (QED) is 0.920. The van der Waals surface area contributed by atoms with Crippen molar-refractivity contribution in [2.45, 2.75) is 31.9 Å². The van der Waals surface area contributed by atoms with Crippen molar-refractivity contribution in [3.05, 3.63) is 48.7 Å². The summed E-state index contributed by atoms with van der Waals surface area (Å²) in [5, 5.41) is 3.00. The molecule has 2 aromatic rings. The van der Waals surface area contributed by atoms with Crippen LogP contribution < -0.4 is 10.1 Å². The Bertz CT molecular complexity index is 615. The summed E-state index contributed by atoms with van der Waals surface area (Å²) < 4.78 is 11.2. The van der Waals surface area contributed by atoms with Crippen LogP contribution in [0.1, 0.15) is 19.1 Å². The summed E-state index contributed by atoms with van der Waals surface area (Å²) in [6.07, 6.45) is 6.57. The minimum Gasteiger partial charge on any atom is -0.487 e. The van der Waals surface area contributed by atoms with Gasteiger partial charge in [-0.15, -0.1) is 0 Å². The van der Waals surface area contributed by atoms with Crippen molar-refractivity contribution in [3.8, 4) is 5.75 Å². The lowest BCUT2D eigenvalue weighted by Gasteiger charge is -2.20. The number of furan rings is 1. The maximum absolute atomic E-state index is 12.3. The first kappa shape index (κ1) is 15.4. The number of aromatic nitrogens is 1. The lowest BCUT2D eigenvalue weighted by Crippen LogP contribution is -2.44. The van der Waals surface area contributed by atoms with E-state index in [1.54, 1.807) is 23.6 Å². The third-order valence-electron chi connectivity index (χ3n) is 3.83. The number of ether oxygens (including phenoxy) is 1. The van der Waals surface area contributed by atoms with Crippen molar-refractivity contribution in [3.63, 3.8) is 0 Å². The number of urea groups is 1. The average Bonchev–Trinajstić information content (AvgIpc) is 3.20. The Morgan fingerprint density at radius 2 is 2.43 bits per heavy atom. The second-order valence-corrected chi connectivity index (χ2v) is 5.80. The molecule has 1 fully saturated rings. The zero-order valence-electron chi connectivity index (χ0n) is 13.1. The number of hydrogen-bond donors (Lipinski definition) is 1. The van der Waals surface area contributed by atoms with Crippen molar-refractivity contribution >= 4 is 6.03 Å². The molecular formula is C17H21N3O3. The molecule has 2 atom stereocenters. The molecule has 0 saturated carbocycles. The Morgan fingerprint density at radius 3 is 3.17 bits per heavy atom. The first-order valence-corrected chi connectivity index (χ1v) is 7.85. The minimum atomic E-state index is -0.0543. The maximum atomic E-state index is 12.3. The Morgan fingerprint density at radius 1 is 1.52 bits per heavy atom. The third kappa shape index (κ3) is 4.25. The van der Waals surface area contributed by atoms with Crippen molar-refractivity contribution in [2.75, 3.05) is 13.1 Å². The highest BCUT2D eigenvalue weighted by molar-refractivity contribution is 5.74. The molecule has 1 saturated heterocycles. The zero-order chi connectivity index (χ0) is 16.1. The monoisotopic (exact) mass is 315 g/mol. The number of hydrogen-bond acceptors (Lipinski definition) is 4. The second kappa shape index (κ2) is 7.17. The van der Waals surface area contributed by atoms with Crippen LogP contribution in [0, 0.1) is 0 Å². The van der Waals surface area contributed by atoms with Gasteiger partial charge in [0.05, 0.1) is 19.0 Å². The lowest BCUT2D eigenvalue weighted by atomic mass is 10.2. The lowest BCUT2D eigenvalue weighted by molar-refractivity contribution is 0.184. The van der Waals surface area contributed by atoms with E-state index in [-0.39, 0.29) is 18.2 Å². The number of carbonyl (C=O) groups is 1. The second-order valence-electron chi connectivity index (χ2n) is 5.80. The van der Waals surface area contributed by atoms with E-state index in [1.807, 2.05) is 31.2 Å². The zero-order valence-corrected chi connectivity index (χ0v) is 13.1. The maximum Gasteiger partial charge on any atom is 0.317 e. The van der Waals surface area contributed by atoms with E-state index >= 15 is 0 Å². The molecule has 1 aliphatic rings. The summed E-state index contributed by atoms with van der Waals surface area (Å²) in [6.45, 7) is 3.26. The number of carbonyl (C=O) groups excluding carboxylic acids is 1. The number of amides is 2. The summed E-state index contributed by atoms with van der Waals surface area (Å²) in [5.41, 5.74) is 0. The van der Waals surface area contributed by atoms with Crippen LogP contribution >= 0.6 is 0 Å². The van der Waals surface area contributed by atoms with Crippen LogP contribution in [0.25, 0.3) is 0 Å². The molecule has 6 heteroatoms. The molecule has 0 unspecified atom stereocenters. The number of rotatable bonds is 5. The highest BCUT2D eigenvalue weighted by Gasteiger charge is 2.28. The Balaban J connectivity index is 1.45. The smallest absolute Gasteiger partial charge is 0.317 e. The summed E-state index contributed by atoms with van der Waals surface area (Å²) in [4.78, 5) is 18.1. The summed E-state index contributed by atoms with van der Waals surface area (Å²) >= 11 is 0. The standard InChI is InChI=1S/C17H21N3O3/c1-13(10-14-5-3-9-22-14)19-17(21)20-8-6-16(12-20)23-15-4-2-7-18-11-15/h2-5,7,9,11,13,16H,6,8,10,12H2,1H3,(H,19,21)/t13-,16-/m1/s1. The number of nitrogens with zero attached hydrogens (tertiary/aromatic N) is 2. The van der Waals surface area contributed by atoms with Crippen molar-refractivity contribution in [2.24, 2.45) is 0 Å². The van der Waals surface area contributed by atoms with Crippen molar-refractivity contribution < 1.29 is 13.9 Å². The fraction of sp³-hybridized carbons (Fsp3) is 0.412. The van der Waals surface area contributed by atoms with Gasteiger partial charge in [-0.1, -0.05) is 0 Å². The van der Waals surface area contributed by atoms with E-state index in [0.717, 1.165) is 17.9 Å². The van der Waals surface area contributed by atoms with E-state index in [1.165, 1.54) is 0 Å². The largest absolute Gasteiger partial charge is 0.487 e. The molecule has 0 bridgehead atoms. The van der Waals surface area contributed by atoms with Crippen LogP contribution in [0.2, 0.25) is 0 Å². The van der Waals surface area contributed by atoms with Gasteiger partial charge in [0.1, 0.15) is 17.6 Å². The van der Waals surface area contributed by atoms with Crippen molar-refractivity contribution in [1.29, 1.82) is 0 Å². The average molecular weight is 315 g/mol. The van der Waals surface area contributed by atoms with Gasteiger partial charge in [-0.2, -0.15) is 0 Å². The molecule has 6 nitrogen and oxygen atoms in total. The van der Waals surface area contributed by atoms with Gasteiger partial charge in [-0.3, -0.25) is 4.98 Å². The first-order chi connectivity index (χ1) is 11.2. The van der Waals surface area contributed by atoms with Gasteiger partial charge >= 0.3 is 6.03 Å². The van der Waals surface area contributed by atoms with Gasteiger partial charge in [-0.25, -0.2) is 4.79 Å². The summed E-state index contributed by atoms with van der Waals surface area (Å²) in [6, 6.07) is 7.45. The molecule has 3 heterocycles. The van der Waals surface area contributed by atoms with Crippen LogP contribution in [-0.4, -0.2) is 41.2 Å². The van der Waals surface area contributed by atoms with Gasteiger partial charge in [0.25, 0.3) is 0 Å². The number of likely N-dealkylation sites (tertiary alicyclic amines) is 1. The van der Waals surface area contributed by atoms with Crippen LogP contribution in [0.4, 0.5) is 4.79 Å². The molecule has 0 radical (unpaired) electrons. The molecule has 0 aliphatic carbocycles. The van der Waals surface area contributed by atoms with Gasteiger partial charge in [0, 0.05) is 31.6 Å². The first-order valence-electron chi connectivity index (χ1n) is 7.85. The normalized spacial score (nSPS) is 18.7. The van der Waals surface area contributed by atoms with E-state index in [0.29, 0.717) is 19.5 Å². The van der Waals surface area contributed by atoms with Crippen LogP contribution in [0.3, 0.4) is 0 Å². The van der Waals surface area contributed by atoms with E-state index in [9.17, 15) is 4.79 Å². The molecule has 1 aliphatic heterocycles. The van der Waals surface area contributed by atoms with E-state index in [4.69, 9.17) is 9.15 Å². The van der Waals surface area contributed by atoms with E-state index in [2.05, 4.69) is 10.3 Å². The topological polar surface area (TPSA) is 67.6 Å². The number of pyridine rings is 1. The van der Waals surface area contributed by atoms with Crippen LogP contribution in [0.5, 0.6) is 5.75 Å².